The molecular formula is C26H29NO4. The summed E-state index contributed by atoms with van der Waals surface area (Å²) in [6.07, 6.45) is 0. The summed E-state index contributed by atoms with van der Waals surface area (Å²) in [7, 11) is 1.36. The molecule has 3 aromatic carbocycles. The van der Waals surface area contributed by atoms with Crippen molar-refractivity contribution in [1.29, 1.82) is 0 Å². The Kier molecular flexibility index (Phi) is 7.08. The first kappa shape index (κ1) is 22.5. The Balaban J connectivity index is 1.85. The van der Waals surface area contributed by atoms with Crippen LogP contribution in [0.4, 0.5) is 0 Å². The maximum Gasteiger partial charge on any atom is 0.337 e. The van der Waals surface area contributed by atoms with Crippen LogP contribution >= 0.6 is 0 Å². The van der Waals surface area contributed by atoms with Crippen molar-refractivity contribution in [3.63, 3.8) is 0 Å². The molecule has 3 rings (SSSR count). The lowest BCUT2D eigenvalue weighted by molar-refractivity contribution is -0.156. The monoisotopic (exact) mass is 419 g/mol. The topological polar surface area (TPSA) is 64.6 Å². The molecule has 0 aromatic heterocycles. The van der Waals surface area contributed by atoms with Crippen LogP contribution in [0.3, 0.4) is 0 Å². The zero-order chi connectivity index (χ0) is 22.4. The number of benzene rings is 3. The SMILES string of the molecule is COC(=O)c1ccc2cc(C(CNCc3ccccc3)C(=O)OC(C)(C)C)ccc2c1. The summed E-state index contributed by atoms with van der Waals surface area (Å²) in [6.45, 7) is 6.72. The molecule has 0 aliphatic rings. The summed E-state index contributed by atoms with van der Waals surface area (Å²) >= 11 is 0. The molecule has 5 heteroatoms. The molecule has 0 spiro atoms. The largest absolute Gasteiger partial charge is 0.465 e. The second-order valence-corrected chi connectivity index (χ2v) is 8.52. The molecule has 0 aliphatic heterocycles. The molecule has 31 heavy (non-hydrogen) atoms. The number of carbonyl (C=O) groups excluding carboxylic acids is 2. The van der Waals surface area contributed by atoms with Crippen molar-refractivity contribution in [2.45, 2.75) is 38.8 Å². The van der Waals surface area contributed by atoms with Gasteiger partial charge in [0.1, 0.15) is 5.60 Å². The highest BCUT2D eigenvalue weighted by atomic mass is 16.6. The second kappa shape index (κ2) is 9.75. The number of esters is 2. The van der Waals surface area contributed by atoms with E-state index in [2.05, 4.69) is 5.32 Å². The Bertz CT molecular complexity index is 1050. The molecule has 0 saturated carbocycles. The minimum absolute atomic E-state index is 0.265. The predicted molar refractivity (Wildman–Crippen MR) is 122 cm³/mol. The third kappa shape index (κ3) is 6.15. The van der Waals surface area contributed by atoms with Gasteiger partial charge in [-0.15, -0.1) is 0 Å². The van der Waals surface area contributed by atoms with Crippen LogP contribution in [0.25, 0.3) is 10.8 Å². The van der Waals surface area contributed by atoms with E-state index in [0.717, 1.165) is 21.9 Å². The molecule has 0 amide bonds. The first-order valence-corrected chi connectivity index (χ1v) is 10.4. The average molecular weight is 420 g/mol. The van der Waals surface area contributed by atoms with Crippen molar-refractivity contribution < 1.29 is 19.1 Å². The smallest absolute Gasteiger partial charge is 0.337 e. The van der Waals surface area contributed by atoms with Gasteiger partial charge in [0, 0.05) is 13.1 Å². The molecule has 162 valence electrons. The van der Waals surface area contributed by atoms with E-state index in [4.69, 9.17) is 9.47 Å². The summed E-state index contributed by atoms with van der Waals surface area (Å²) in [5.74, 6) is -1.09. The summed E-state index contributed by atoms with van der Waals surface area (Å²) < 4.78 is 10.5. The maximum atomic E-state index is 13.0. The fraction of sp³-hybridized carbons (Fsp3) is 0.308. The molecule has 0 radical (unpaired) electrons. The normalized spacial score (nSPS) is 12.4. The first-order chi connectivity index (χ1) is 14.8. The second-order valence-electron chi connectivity index (χ2n) is 8.52. The number of hydrogen-bond donors (Lipinski definition) is 1. The van der Waals surface area contributed by atoms with Crippen LogP contribution in [0, 0.1) is 0 Å². The Morgan fingerprint density at radius 2 is 1.61 bits per heavy atom. The molecule has 0 heterocycles. The fourth-order valence-electron chi connectivity index (χ4n) is 3.39. The Labute approximate surface area is 183 Å². The van der Waals surface area contributed by atoms with Crippen LogP contribution in [0.5, 0.6) is 0 Å². The van der Waals surface area contributed by atoms with Crippen molar-refractivity contribution >= 4 is 22.7 Å². The Morgan fingerprint density at radius 3 is 2.29 bits per heavy atom. The van der Waals surface area contributed by atoms with Gasteiger partial charge in [0.05, 0.1) is 18.6 Å². The molecule has 1 N–H and O–H groups in total. The van der Waals surface area contributed by atoms with Crippen LogP contribution in [0.1, 0.15) is 48.2 Å². The maximum absolute atomic E-state index is 13.0. The lowest BCUT2D eigenvalue weighted by Crippen LogP contribution is -2.33. The number of nitrogens with one attached hydrogen (secondary N) is 1. The van der Waals surface area contributed by atoms with E-state index in [9.17, 15) is 9.59 Å². The van der Waals surface area contributed by atoms with Crippen LogP contribution in [-0.2, 0) is 20.8 Å². The van der Waals surface area contributed by atoms with E-state index >= 15 is 0 Å². The van der Waals surface area contributed by atoms with E-state index in [0.29, 0.717) is 18.7 Å². The molecule has 0 fully saturated rings. The third-order valence-electron chi connectivity index (χ3n) is 4.90. The van der Waals surface area contributed by atoms with E-state index in [1.54, 1.807) is 12.1 Å². The lowest BCUT2D eigenvalue weighted by Gasteiger charge is -2.25. The van der Waals surface area contributed by atoms with E-state index < -0.39 is 11.5 Å². The number of fused-ring (bicyclic) bond motifs is 1. The quantitative estimate of drug-likeness (QED) is 0.555. The summed E-state index contributed by atoms with van der Waals surface area (Å²) in [4.78, 5) is 24.8. The summed E-state index contributed by atoms with van der Waals surface area (Å²) in [5.41, 5.74) is 1.95. The minimum Gasteiger partial charge on any atom is -0.465 e. The number of carbonyl (C=O) groups is 2. The molecule has 0 aliphatic carbocycles. The van der Waals surface area contributed by atoms with Crippen molar-refractivity contribution in [2.75, 3.05) is 13.7 Å². The number of rotatable bonds is 7. The number of methoxy groups -OCH3 is 1. The van der Waals surface area contributed by atoms with Crippen LogP contribution < -0.4 is 5.32 Å². The molecule has 5 nitrogen and oxygen atoms in total. The van der Waals surface area contributed by atoms with Gasteiger partial charge in [-0.05, 0) is 54.8 Å². The lowest BCUT2D eigenvalue weighted by atomic mass is 9.95. The van der Waals surface area contributed by atoms with E-state index in [-0.39, 0.29) is 11.9 Å². The zero-order valence-corrected chi connectivity index (χ0v) is 18.5. The van der Waals surface area contributed by atoms with Gasteiger partial charge in [0.2, 0.25) is 0 Å². The van der Waals surface area contributed by atoms with Crippen LogP contribution in [0.2, 0.25) is 0 Å². The molecule has 1 unspecified atom stereocenters. The highest BCUT2D eigenvalue weighted by molar-refractivity contribution is 5.95. The zero-order valence-electron chi connectivity index (χ0n) is 18.5. The van der Waals surface area contributed by atoms with Crippen molar-refractivity contribution in [3.05, 3.63) is 83.4 Å². The van der Waals surface area contributed by atoms with Gasteiger partial charge in [-0.1, -0.05) is 54.6 Å². The highest BCUT2D eigenvalue weighted by Crippen LogP contribution is 2.25. The highest BCUT2D eigenvalue weighted by Gasteiger charge is 2.26. The van der Waals surface area contributed by atoms with E-state index in [1.807, 2.05) is 75.4 Å². The van der Waals surface area contributed by atoms with Gasteiger partial charge in [-0.3, -0.25) is 4.79 Å². The van der Waals surface area contributed by atoms with Gasteiger partial charge >= 0.3 is 11.9 Å². The third-order valence-corrected chi connectivity index (χ3v) is 4.90. The standard InChI is InChI=1S/C26H29NO4/c1-26(2,3)31-25(29)23(17-27-16-18-8-6-5-7-9-18)21-12-10-20-15-22(24(28)30-4)13-11-19(20)14-21/h5-15,23,27H,16-17H2,1-4H3. The van der Waals surface area contributed by atoms with Crippen LogP contribution in [0.15, 0.2) is 66.7 Å². The predicted octanol–water partition coefficient (Wildman–Crippen LogP) is 4.84. The molecule has 3 aromatic rings. The van der Waals surface area contributed by atoms with Crippen LogP contribution in [-0.4, -0.2) is 31.2 Å². The van der Waals surface area contributed by atoms with Crippen molar-refractivity contribution in [3.8, 4) is 0 Å². The molecule has 1 atom stereocenters. The Hall–Kier alpha value is -3.18. The summed E-state index contributed by atoms with van der Waals surface area (Å²) in [6, 6.07) is 21.3. The Morgan fingerprint density at radius 1 is 0.935 bits per heavy atom. The first-order valence-electron chi connectivity index (χ1n) is 10.4. The van der Waals surface area contributed by atoms with Gasteiger partial charge in [-0.25, -0.2) is 4.79 Å². The van der Waals surface area contributed by atoms with Gasteiger partial charge in [-0.2, -0.15) is 0 Å². The van der Waals surface area contributed by atoms with Gasteiger partial charge in [0.25, 0.3) is 0 Å². The average Bonchev–Trinajstić information content (AvgIpc) is 2.75. The van der Waals surface area contributed by atoms with Gasteiger partial charge in [0.15, 0.2) is 0 Å². The van der Waals surface area contributed by atoms with Gasteiger partial charge < -0.3 is 14.8 Å². The fourth-order valence-corrected chi connectivity index (χ4v) is 3.39. The van der Waals surface area contributed by atoms with E-state index in [1.165, 1.54) is 7.11 Å². The molecule has 0 saturated heterocycles. The number of hydrogen-bond acceptors (Lipinski definition) is 5. The number of ether oxygens (including phenoxy) is 2. The van der Waals surface area contributed by atoms with Crippen molar-refractivity contribution in [2.24, 2.45) is 0 Å². The van der Waals surface area contributed by atoms with Crippen molar-refractivity contribution in [1.82, 2.24) is 5.32 Å². The molecular weight excluding hydrogens is 390 g/mol. The minimum atomic E-state index is -0.568. The molecule has 0 bridgehead atoms. The summed E-state index contributed by atoms with van der Waals surface area (Å²) in [5, 5.41) is 5.24.